The number of nitrogens with zero attached hydrogens (tertiary/aromatic N) is 3. The molecule has 2 aromatic rings. The van der Waals surface area contributed by atoms with Crippen molar-refractivity contribution in [1.29, 1.82) is 0 Å². The molecule has 0 bridgehead atoms. The predicted molar refractivity (Wildman–Crippen MR) is 120 cm³/mol. The van der Waals surface area contributed by atoms with E-state index < -0.39 is 0 Å². The second-order valence-corrected chi connectivity index (χ2v) is 8.11. The lowest BCUT2D eigenvalue weighted by molar-refractivity contribution is -0.115. The molecule has 1 aliphatic carbocycles. The highest BCUT2D eigenvalue weighted by Crippen LogP contribution is 2.28. The largest absolute Gasteiger partial charge is 0.338 e. The molecule has 2 aliphatic rings. The molecule has 0 spiro atoms. The van der Waals surface area contributed by atoms with Crippen LogP contribution in [0.5, 0.6) is 0 Å². The number of carbonyl (C=O) groups excluding carboxylic acids is 3. The van der Waals surface area contributed by atoms with Crippen molar-refractivity contribution in [2.45, 2.75) is 38.8 Å². The topological polar surface area (TPSA) is 62.6 Å². The lowest BCUT2D eigenvalue weighted by atomic mass is 10.1. The number of urea groups is 1. The highest BCUT2D eigenvalue weighted by molar-refractivity contribution is 5.84. The molecule has 1 aromatic heterocycles. The Hall–Kier alpha value is -3.41. The Labute approximate surface area is 181 Å². The third-order valence-electron chi connectivity index (χ3n) is 6.19. The van der Waals surface area contributed by atoms with Crippen LogP contribution in [0, 0.1) is 0 Å². The van der Waals surface area contributed by atoms with Crippen molar-refractivity contribution < 1.29 is 14.4 Å². The Morgan fingerprint density at radius 3 is 2.71 bits per heavy atom. The highest BCUT2D eigenvalue weighted by Gasteiger charge is 2.31. The van der Waals surface area contributed by atoms with Crippen molar-refractivity contribution in [3.05, 3.63) is 69.4 Å². The first-order chi connectivity index (χ1) is 15.0. The van der Waals surface area contributed by atoms with E-state index in [1.165, 1.54) is 23.2 Å². The molecule has 2 heterocycles. The molecule has 1 aromatic carbocycles. The monoisotopic (exact) mass is 417 g/mol. The molecule has 3 amide bonds. The summed E-state index contributed by atoms with van der Waals surface area (Å²) < 4.78 is 2.31. The maximum atomic E-state index is 12.9. The van der Waals surface area contributed by atoms with Gasteiger partial charge in [-0.15, -0.1) is 0 Å². The standard InChI is InChI=1S/C25H27N3O3/c1-18-24-22(8-6-14-27(18)25(31)26(2)17-30)21-7-4-3-5-9-23(21)28(24)15-19-10-12-20(16-29)13-11-19/h3-4,7,9-13,16-18H,5-6,8,14-15H2,1-2H3. The van der Waals surface area contributed by atoms with Crippen LogP contribution in [0.2, 0.25) is 0 Å². The summed E-state index contributed by atoms with van der Waals surface area (Å²) in [6.07, 6.45) is 12.6. The highest BCUT2D eigenvalue weighted by atomic mass is 16.2. The van der Waals surface area contributed by atoms with E-state index in [9.17, 15) is 14.4 Å². The van der Waals surface area contributed by atoms with Gasteiger partial charge in [-0.05, 0) is 37.3 Å². The van der Waals surface area contributed by atoms with Crippen molar-refractivity contribution >= 4 is 30.9 Å². The van der Waals surface area contributed by atoms with Crippen LogP contribution >= 0.6 is 0 Å². The number of hydrogen-bond donors (Lipinski definition) is 0. The van der Waals surface area contributed by atoms with Gasteiger partial charge < -0.3 is 9.47 Å². The average Bonchev–Trinajstić information content (AvgIpc) is 2.97. The number of carbonyl (C=O) groups is 3. The zero-order valence-electron chi connectivity index (χ0n) is 18.0. The second-order valence-electron chi connectivity index (χ2n) is 8.11. The van der Waals surface area contributed by atoms with Crippen molar-refractivity contribution in [2.24, 2.45) is 0 Å². The fourth-order valence-electron chi connectivity index (χ4n) is 4.63. The molecule has 0 saturated heterocycles. The Balaban J connectivity index is 1.86. The van der Waals surface area contributed by atoms with E-state index in [1.54, 1.807) is 4.90 Å². The van der Waals surface area contributed by atoms with Gasteiger partial charge in [-0.3, -0.25) is 14.5 Å². The number of allylic oxidation sites excluding steroid dienone is 2. The summed E-state index contributed by atoms with van der Waals surface area (Å²) in [4.78, 5) is 38.0. The molecule has 0 N–H and O–H groups in total. The van der Waals surface area contributed by atoms with Gasteiger partial charge in [0.2, 0.25) is 6.41 Å². The molecule has 1 atom stereocenters. The minimum Gasteiger partial charge on any atom is -0.338 e. The molecule has 1 aliphatic heterocycles. The fourth-order valence-corrected chi connectivity index (χ4v) is 4.63. The van der Waals surface area contributed by atoms with Crippen LogP contribution in [-0.4, -0.2) is 46.7 Å². The molecule has 6 nitrogen and oxygen atoms in total. The van der Waals surface area contributed by atoms with Crippen molar-refractivity contribution in [3.63, 3.8) is 0 Å². The third-order valence-corrected chi connectivity index (χ3v) is 6.19. The number of rotatable bonds is 4. The zero-order chi connectivity index (χ0) is 22.0. The van der Waals surface area contributed by atoms with Crippen LogP contribution in [0.15, 0.2) is 36.4 Å². The van der Waals surface area contributed by atoms with Crippen LogP contribution in [0.25, 0.3) is 12.2 Å². The maximum Gasteiger partial charge on any atom is 0.326 e. The van der Waals surface area contributed by atoms with E-state index in [-0.39, 0.29) is 12.1 Å². The van der Waals surface area contributed by atoms with E-state index >= 15 is 0 Å². The second kappa shape index (κ2) is 8.76. The fraction of sp³-hybridized carbons (Fsp3) is 0.320. The SMILES string of the molecule is CC1c2c(c3c(n2Cc2ccc(C=O)cc2)=CCC=CC=3)CCCN1C(=O)N(C)C=O. The van der Waals surface area contributed by atoms with E-state index in [0.717, 1.165) is 41.7 Å². The molecule has 1 unspecified atom stereocenters. The third kappa shape index (κ3) is 3.85. The van der Waals surface area contributed by atoms with Gasteiger partial charge in [-0.1, -0.05) is 48.6 Å². The van der Waals surface area contributed by atoms with Crippen LogP contribution in [0.1, 0.15) is 53.0 Å². The molecule has 0 fully saturated rings. The van der Waals surface area contributed by atoms with E-state index in [4.69, 9.17) is 0 Å². The van der Waals surface area contributed by atoms with Gasteiger partial charge >= 0.3 is 6.03 Å². The van der Waals surface area contributed by atoms with Crippen molar-refractivity contribution in [3.8, 4) is 0 Å². The van der Waals surface area contributed by atoms with Gasteiger partial charge in [0.1, 0.15) is 6.29 Å². The lowest BCUT2D eigenvalue weighted by Gasteiger charge is -2.31. The molecule has 0 radical (unpaired) electrons. The summed E-state index contributed by atoms with van der Waals surface area (Å²) >= 11 is 0. The first-order valence-electron chi connectivity index (χ1n) is 10.7. The molecule has 0 saturated carbocycles. The zero-order valence-corrected chi connectivity index (χ0v) is 18.0. The number of aldehydes is 1. The predicted octanol–water partition coefficient (Wildman–Crippen LogP) is 2.39. The number of amides is 3. The van der Waals surface area contributed by atoms with E-state index in [0.29, 0.717) is 25.1 Å². The molecular formula is C25H27N3O3. The Morgan fingerprint density at radius 2 is 2.00 bits per heavy atom. The molecular weight excluding hydrogens is 390 g/mol. The average molecular weight is 418 g/mol. The molecule has 160 valence electrons. The van der Waals surface area contributed by atoms with Crippen molar-refractivity contribution in [2.75, 3.05) is 13.6 Å². The first kappa shape index (κ1) is 20.8. The minimum atomic E-state index is -0.276. The van der Waals surface area contributed by atoms with Gasteiger partial charge in [0.15, 0.2) is 0 Å². The van der Waals surface area contributed by atoms with E-state index in [1.807, 2.05) is 31.2 Å². The maximum absolute atomic E-state index is 12.9. The van der Waals surface area contributed by atoms with Gasteiger partial charge in [0.05, 0.1) is 6.04 Å². The summed E-state index contributed by atoms with van der Waals surface area (Å²) in [6, 6.07) is 7.18. The van der Waals surface area contributed by atoms with Gasteiger partial charge in [0.25, 0.3) is 0 Å². The van der Waals surface area contributed by atoms with E-state index in [2.05, 4.69) is 28.9 Å². The number of aromatic nitrogens is 1. The number of hydrogen-bond acceptors (Lipinski definition) is 3. The molecule has 31 heavy (non-hydrogen) atoms. The Bertz CT molecular complexity index is 1160. The summed E-state index contributed by atoms with van der Waals surface area (Å²) in [5.74, 6) is 0. The Morgan fingerprint density at radius 1 is 1.23 bits per heavy atom. The Kier molecular flexibility index (Phi) is 5.89. The van der Waals surface area contributed by atoms with Crippen LogP contribution in [0.3, 0.4) is 0 Å². The number of imide groups is 1. The summed E-state index contributed by atoms with van der Waals surface area (Å²) in [7, 11) is 1.50. The summed E-state index contributed by atoms with van der Waals surface area (Å²) in [5, 5.41) is 2.39. The van der Waals surface area contributed by atoms with Crippen LogP contribution in [0.4, 0.5) is 4.79 Å². The minimum absolute atomic E-state index is 0.167. The summed E-state index contributed by atoms with van der Waals surface area (Å²) in [5.41, 5.74) is 4.15. The van der Waals surface area contributed by atoms with Crippen molar-refractivity contribution in [1.82, 2.24) is 14.4 Å². The van der Waals surface area contributed by atoms with Crippen LogP contribution < -0.4 is 10.6 Å². The first-order valence-corrected chi connectivity index (χ1v) is 10.7. The normalized spacial score (nSPS) is 17.4. The van der Waals surface area contributed by atoms with Gasteiger partial charge in [0, 0.05) is 42.0 Å². The molecule has 4 rings (SSSR count). The number of fused-ring (bicyclic) bond motifs is 3. The molecule has 6 heteroatoms. The smallest absolute Gasteiger partial charge is 0.326 e. The quantitative estimate of drug-likeness (QED) is 0.718. The van der Waals surface area contributed by atoms with Gasteiger partial charge in [-0.25, -0.2) is 4.79 Å². The van der Waals surface area contributed by atoms with Crippen LogP contribution in [-0.2, 0) is 17.8 Å². The lowest BCUT2D eigenvalue weighted by Crippen LogP contribution is -2.43. The number of benzene rings is 1. The summed E-state index contributed by atoms with van der Waals surface area (Å²) in [6.45, 7) is 3.30. The van der Waals surface area contributed by atoms with Gasteiger partial charge in [-0.2, -0.15) is 0 Å².